The van der Waals surface area contributed by atoms with Crippen molar-refractivity contribution in [3.63, 3.8) is 0 Å². The van der Waals surface area contributed by atoms with Crippen molar-refractivity contribution in [1.29, 1.82) is 0 Å². The maximum Gasteiger partial charge on any atom is 0.274 e. The van der Waals surface area contributed by atoms with Crippen LogP contribution in [-0.2, 0) is 0 Å². The molecule has 2 heterocycles. The summed E-state index contributed by atoms with van der Waals surface area (Å²) in [6.07, 6.45) is 0. The van der Waals surface area contributed by atoms with Crippen molar-refractivity contribution < 1.29 is 19.2 Å². The summed E-state index contributed by atoms with van der Waals surface area (Å²) in [4.78, 5) is 28.8. The van der Waals surface area contributed by atoms with Gasteiger partial charge >= 0.3 is 0 Å². The second-order valence-electron chi connectivity index (χ2n) is 7.30. The molecule has 4 aromatic rings. The molecule has 8 nitrogen and oxygen atoms in total. The second-order valence-corrected chi connectivity index (χ2v) is 7.30. The lowest BCUT2D eigenvalue weighted by molar-refractivity contribution is -0.385. The molecule has 158 valence electrons. The predicted octanol–water partition coefficient (Wildman–Crippen LogP) is 5.10. The average Bonchev–Trinajstić information content (AvgIpc) is 3.27. The Bertz CT molecular complexity index is 1400. The minimum atomic E-state index is -0.468. The first kappa shape index (κ1) is 19.5. The number of hydrogen-bond acceptors (Lipinski definition) is 6. The third kappa shape index (κ3) is 3.37. The van der Waals surface area contributed by atoms with Gasteiger partial charge in [-0.1, -0.05) is 24.3 Å². The number of nitrogens with zero attached hydrogens (tertiary/aromatic N) is 2. The number of pyridine rings is 1. The van der Waals surface area contributed by atoms with E-state index in [4.69, 9.17) is 14.5 Å². The van der Waals surface area contributed by atoms with E-state index in [1.165, 1.54) is 6.07 Å². The van der Waals surface area contributed by atoms with Gasteiger partial charge in [0.25, 0.3) is 11.6 Å². The standard InChI is InChI=1S/C24H17N3O5/c1-14-18(7-4-8-21(14)27(29)30)26-24(28)17-12-20(25-19-6-3-2-5-16(17)19)15-9-10-22-23(11-15)32-13-31-22/h2-12H,13H2,1H3,(H,26,28). The Morgan fingerprint density at radius 2 is 1.84 bits per heavy atom. The van der Waals surface area contributed by atoms with Gasteiger partial charge in [0.15, 0.2) is 11.5 Å². The molecular weight excluding hydrogens is 410 g/mol. The molecule has 3 aromatic carbocycles. The van der Waals surface area contributed by atoms with Gasteiger partial charge in [-0.2, -0.15) is 0 Å². The number of aromatic nitrogens is 1. The molecule has 0 aliphatic carbocycles. The zero-order valence-corrected chi connectivity index (χ0v) is 17.0. The highest BCUT2D eigenvalue weighted by molar-refractivity contribution is 6.13. The third-order valence-electron chi connectivity index (χ3n) is 5.38. The van der Waals surface area contributed by atoms with E-state index in [9.17, 15) is 14.9 Å². The highest BCUT2D eigenvalue weighted by Gasteiger charge is 2.19. The summed E-state index contributed by atoms with van der Waals surface area (Å²) >= 11 is 0. The maximum absolute atomic E-state index is 13.3. The largest absolute Gasteiger partial charge is 0.454 e. The smallest absolute Gasteiger partial charge is 0.274 e. The van der Waals surface area contributed by atoms with Crippen molar-refractivity contribution in [3.8, 4) is 22.8 Å². The molecule has 1 N–H and O–H groups in total. The van der Waals surface area contributed by atoms with E-state index >= 15 is 0 Å². The van der Waals surface area contributed by atoms with Gasteiger partial charge in [-0.15, -0.1) is 0 Å². The van der Waals surface area contributed by atoms with Gasteiger partial charge in [0.2, 0.25) is 6.79 Å². The number of benzene rings is 3. The van der Waals surface area contributed by atoms with Crippen LogP contribution in [0.15, 0.2) is 66.7 Å². The molecule has 0 unspecified atom stereocenters. The number of para-hydroxylation sites is 1. The van der Waals surface area contributed by atoms with Crippen LogP contribution in [0.4, 0.5) is 11.4 Å². The summed E-state index contributed by atoms with van der Waals surface area (Å²) in [5.41, 5.74) is 3.17. The highest BCUT2D eigenvalue weighted by Crippen LogP contribution is 2.36. The van der Waals surface area contributed by atoms with Gasteiger partial charge < -0.3 is 14.8 Å². The van der Waals surface area contributed by atoms with Crippen LogP contribution >= 0.6 is 0 Å². The van der Waals surface area contributed by atoms with Crippen LogP contribution < -0.4 is 14.8 Å². The number of rotatable bonds is 4. The van der Waals surface area contributed by atoms with Gasteiger partial charge in [0, 0.05) is 17.0 Å². The van der Waals surface area contributed by atoms with E-state index in [1.807, 2.05) is 36.4 Å². The number of hydrogen-bond donors (Lipinski definition) is 1. The summed E-state index contributed by atoms with van der Waals surface area (Å²) in [5, 5.41) is 14.7. The summed E-state index contributed by atoms with van der Waals surface area (Å²) in [7, 11) is 0. The van der Waals surface area contributed by atoms with E-state index in [-0.39, 0.29) is 18.4 Å². The van der Waals surface area contributed by atoms with Crippen molar-refractivity contribution in [1.82, 2.24) is 4.98 Å². The average molecular weight is 427 g/mol. The van der Waals surface area contributed by atoms with Crippen molar-refractivity contribution >= 4 is 28.2 Å². The number of nitro benzene ring substituents is 1. The molecule has 1 aliphatic heterocycles. The van der Waals surface area contributed by atoms with Crippen LogP contribution in [0.1, 0.15) is 15.9 Å². The van der Waals surface area contributed by atoms with Gasteiger partial charge in [0.05, 0.1) is 32.9 Å². The summed E-state index contributed by atoms with van der Waals surface area (Å²) < 4.78 is 10.8. The minimum absolute atomic E-state index is 0.0524. The molecule has 0 atom stereocenters. The van der Waals surface area contributed by atoms with E-state index in [1.54, 1.807) is 31.2 Å². The van der Waals surface area contributed by atoms with E-state index in [0.29, 0.717) is 44.9 Å². The van der Waals surface area contributed by atoms with E-state index in [0.717, 1.165) is 5.56 Å². The minimum Gasteiger partial charge on any atom is -0.454 e. The zero-order chi connectivity index (χ0) is 22.2. The van der Waals surface area contributed by atoms with Crippen LogP contribution in [0.2, 0.25) is 0 Å². The number of fused-ring (bicyclic) bond motifs is 2. The van der Waals surface area contributed by atoms with Crippen molar-refractivity contribution in [2.45, 2.75) is 6.92 Å². The fourth-order valence-electron chi connectivity index (χ4n) is 3.71. The van der Waals surface area contributed by atoms with Gasteiger partial charge in [0.1, 0.15) is 0 Å². The Balaban J connectivity index is 1.58. The molecule has 8 heteroatoms. The first-order valence-corrected chi connectivity index (χ1v) is 9.86. The molecule has 1 aliphatic rings. The Labute approximate surface area is 182 Å². The fourth-order valence-corrected chi connectivity index (χ4v) is 3.71. The summed E-state index contributed by atoms with van der Waals surface area (Å²) in [6, 6.07) is 19.1. The Morgan fingerprint density at radius 3 is 2.69 bits per heavy atom. The van der Waals surface area contributed by atoms with Crippen LogP contribution in [-0.4, -0.2) is 22.6 Å². The van der Waals surface area contributed by atoms with Crippen LogP contribution in [0.25, 0.3) is 22.2 Å². The Hall–Kier alpha value is -4.46. The number of amides is 1. The monoisotopic (exact) mass is 427 g/mol. The molecule has 0 saturated carbocycles. The van der Waals surface area contributed by atoms with Crippen molar-refractivity contribution in [3.05, 3.63) is 88.0 Å². The fraction of sp³-hybridized carbons (Fsp3) is 0.0833. The molecule has 32 heavy (non-hydrogen) atoms. The number of ether oxygens (including phenoxy) is 2. The second kappa shape index (κ2) is 7.66. The van der Waals surface area contributed by atoms with Crippen molar-refractivity contribution in [2.75, 3.05) is 12.1 Å². The predicted molar refractivity (Wildman–Crippen MR) is 119 cm³/mol. The van der Waals surface area contributed by atoms with Gasteiger partial charge in [-0.25, -0.2) is 4.98 Å². The zero-order valence-electron chi connectivity index (χ0n) is 17.0. The molecule has 1 amide bonds. The molecule has 1 aromatic heterocycles. The van der Waals surface area contributed by atoms with Crippen LogP contribution in [0.5, 0.6) is 11.5 Å². The number of carbonyl (C=O) groups excluding carboxylic acids is 1. The Morgan fingerprint density at radius 1 is 1.03 bits per heavy atom. The van der Waals surface area contributed by atoms with Gasteiger partial charge in [-0.3, -0.25) is 14.9 Å². The number of anilines is 1. The molecule has 5 rings (SSSR count). The SMILES string of the molecule is Cc1c(NC(=O)c2cc(-c3ccc4c(c3)OCO4)nc3ccccc23)cccc1[N+](=O)[O-]. The molecule has 0 bridgehead atoms. The molecular formula is C24H17N3O5. The third-order valence-corrected chi connectivity index (χ3v) is 5.38. The summed E-state index contributed by atoms with van der Waals surface area (Å²) in [5.74, 6) is 0.901. The molecule has 0 fully saturated rings. The van der Waals surface area contributed by atoms with E-state index in [2.05, 4.69) is 5.32 Å². The first-order valence-electron chi connectivity index (χ1n) is 9.86. The lowest BCUT2D eigenvalue weighted by Crippen LogP contribution is -2.14. The summed E-state index contributed by atoms with van der Waals surface area (Å²) in [6.45, 7) is 1.77. The molecule has 0 radical (unpaired) electrons. The van der Waals surface area contributed by atoms with E-state index < -0.39 is 4.92 Å². The van der Waals surface area contributed by atoms with Crippen LogP contribution in [0.3, 0.4) is 0 Å². The Kier molecular flexibility index (Phi) is 4.67. The van der Waals surface area contributed by atoms with Crippen LogP contribution in [0, 0.1) is 17.0 Å². The highest BCUT2D eigenvalue weighted by atomic mass is 16.7. The number of carbonyl (C=O) groups is 1. The number of nitro groups is 1. The lowest BCUT2D eigenvalue weighted by Gasteiger charge is -2.12. The normalized spacial score (nSPS) is 12.0. The van der Waals surface area contributed by atoms with Gasteiger partial charge in [-0.05, 0) is 43.3 Å². The topological polar surface area (TPSA) is 104 Å². The number of nitrogens with one attached hydrogen (secondary N) is 1. The first-order chi connectivity index (χ1) is 15.5. The molecule has 0 saturated heterocycles. The lowest BCUT2D eigenvalue weighted by atomic mass is 10.0. The molecule has 0 spiro atoms. The quantitative estimate of drug-likeness (QED) is 0.359. The maximum atomic E-state index is 13.3. The van der Waals surface area contributed by atoms with Crippen molar-refractivity contribution in [2.24, 2.45) is 0 Å².